The number of ether oxygens (including phenoxy) is 3. The van der Waals surface area contributed by atoms with Gasteiger partial charge in [-0.3, -0.25) is 0 Å². The van der Waals surface area contributed by atoms with Gasteiger partial charge in [-0.15, -0.1) is 0 Å². The van der Waals surface area contributed by atoms with Crippen LogP contribution in [0.1, 0.15) is 77.7 Å². The van der Waals surface area contributed by atoms with Gasteiger partial charge in [0.15, 0.2) is 9.84 Å². The van der Waals surface area contributed by atoms with E-state index >= 15 is 0 Å². The van der Waals surface area contributed by atoms with Crippen molar-refractivity contribution >= 4 is 15.9 Å². The highest BCUT2D eigenvalue weighted by Gasteiger charge is 2.45. The predicted octanol–water partition coefficient (Wildman–Crippen LogP) is 4.60. The zero-order valence-corrected chi connectivity index (χ0v) is 21.8. The van der Waals surface area contributed by atoms with Gasteiger partial charge < -0.3 is 19.1 Å². The molecule has 1 amide bonds. The summed E-state index contributed by atoms with van der Waals surface area (Å²) in [6.07, 6.45) is 8.28. The molecule has 2 heterocycles. The lowest BCUT2D eigenvalue weighted by Crippen LogP contribution is -2.50. The van der Waals surface area contributed by atoms with Crippen LogP contribution in [-0.4, -0.2) is 61.7 Å². The highest BCUT2D eigenvalue weighted by atomic mass is 32.2. The molecule has 0 N–H and O–H groups in total. The SMILES string of the molecule is CC(C)(C)OC(=O)N1[C@@H]2CC[C@H]1CC(OC1CCC(Oc3ccc(S(C)(=O)=O)cc3C#N)CC1)C2. The molecule has 0 aromatic heterocycles. The van der Waals surface area contributed by atoms with Gasteiger partial charge >= 0.3 is 6.09 Å². The first-order valence-corrected chi connectivity index (χ1v) is 14.4. The molecule has 3 fully saturated rings. The van der Waals surface area contributed by atoms with Gasteiger partial charge in [0, 0.05) is 18.3 Å². The fourth-order valence-electron chi connectivity index (χ4n) is 5.52. The van der Waals surface area contributed by atoms with Crippen molar-refractivity contribution in [3.05, 3.63) is 23.8 Å². The molecule has 0 radical (unpaired) electrons. The number of nitriles is 1. The summed E-state index contributed by atoms with van der Waals surface area (Å²) in [7, 11) is -3.38. The zero-order chi connectivity index (χ0) is 25.4. The second-order valence-corrected chi connectivity index (χ2v) is 13.1. The number of hydrogen-bond donors (Lipinski definition) is 0. The van der Waals surface area contributed by atoms with E-state index in [2.05, 4.69) is 0 Å². The number of carbonyl (C=O) groups excluding carboxylic acids is 1. The van der Waals surface area contributed by atoms with E-state index < -0.39 is 15.4 Å². The lowest BCUT2D eigenvalue weighted by molar-refractivity contribution is -0.0813. The minimum absolute atomic E-state index is 0.0313. The molecular formula is C26H36N2O6S. The second-order valence-electron chi connectivity index (χ2n) is 11.1. The molecule has 8 nitrogen and oxygen atoms in total. The normalized spacial score (nSPS) is 28.9. The first-order chi connectivity index (χ1) is 16.4. The van der Waals surface area contributed by atoms with Crippen LogP contribution in [0.4, 0.5) is 4.79 Å². The molecule has 3 aliphatic rings. The van der Waals surface area contributed by atoms with Crippen LogP contribution in [-0.2, 0) is 19.3 Å². The van der Waals surface area contributed by atoms with E-state index in [1.54, 1.807) is 6.07 Å². The molecule has 1 aromatic carbocycles. The predicted molar refractivity (Wildman–Crippen MR) is 130 cm³/mol. The van der Waals surface area contributed by atoms with Gasteiger partial charge in [-0.2, -0.15) is 5.26 Å². The van der Waals surface area contributed by atoms with Crippen molar-refractivity contribution in [2.45, 2.75) is 113 Å². The summed E-state index contributed by atoms with van der Waals surface area (Å²) in [4.78, 5) is 14.7. The average molecular weight is 505 g/mol. The summed E-state index contributed by atoms with van der Waals surface area (Å²) in [5.41, 5.74) is -0.257. The molecule has 0 spiro atoms. The Kier molecular flexibility index (Phi) is 7.35. The number of nitrogens with zero attached hydrogens (tertiary/aromatic N) is 2. The molecule has 1 unspecified atom stereocenters. The van der Waals surface area contributed by atoms with Crippen molar-refractivity contribution in [3.8, 4) is 11.8 Å². The number of amides is 1. The number of hydrogen-bond acceptors (Lipinski definition) is 7. The minimum Gasteiger partial charge on any atom is -0.489 e. The Balaban J connectivity index is 1.27. The van der Waals surface area contributed by atoms with Crippen molar-refractivity contribution < 1.29 is 27.4 Å². The Labute approximate surface area is 208 Å². The van der Waals surface area contributed by atoms with Crippen molar-refractivity contribution in [1.82, 2.24) is 4.90 Å². The third kappa shape index (κ3) is 6.28. The molecular weight excluding hydrogens is 468 g/mol. The van der Waals surface area contributed by atoms with E-state index in [0.717, 1.165) is 57.6 Å². The molecule has 2 aliphatic heterocycles. The van der Waals surface area contributed by atoms with E-state index in [0.29, 0.717) is 5.75 Å². The number of sulfone groups is 1. The first kappa shape index (κ1) is 25.8. The van der Waals surface area contributed by atoms with E-state index in [1.807, 2.05) is 31.7 Å². The van der Waals surface area contributed by atoms with Crippen LogP contribution in [0.5, 0.6) is 5.75 Å². The maximum absolute atomic E-state index is 12.7. The molecule has 2 saturated heterocycles. The standard InChI is InChI=1S/C26H36N2O6S/c1-26(2,3)34-25(29)28-18-5-6-19(28)15-22(14-18)32-20-7-9-21(10-8-20)33-24-12-11-23(35(4,30)31)13-17(24)16-27/h11-13,18-22H,5-10,14-15H2,1-4H3/t18-,19+,20?,21?,22?. The first-order valence-electron chi connectivity index (χ1n) is 12.5. The maximum atomic E-state index is 12.7. The van der Waals surface area contributed by atoms with Gasteiger partial charge in [0.1, 0.15) is 17.4 Å². The van der Waals surface area contributed by atoms with Gasteiger partial charge in [-0.1, -0.05) is 0 Å². The highest BCUT2D eigenvalue weighted by molar-refractivity contribution is 7.90. The summed E-state index contributed by atoms with van der Waals surface area (Å²) < 4.78 is 41.7. The van der Waals surface area contributed by atoms with Crippen LogP contribution in [0.2, 0.25) is 0 Å². The van der Waals surface area contributed by atoms with Crippen molar-refractivity contribution in [2.24, 2.45) is 0 Å². The number of carbonyl (C=O) groups is 1. The third-order valence-electron chi connectivity index (χ3n) is 7.09. The summed E-state index contributed by atoms with van der Waals surface area (Å²) in [6.45, 7) is 5.69. The van der Waals surface area contributed by atoms with Crippen LogP contribution < -0.4 is 4.74 Å². The van der Waals surface area contributed by atoms with Crippen molar-refractivity contribution in [3.63, 3.8) is 0 Å². The molecule has 35 heavy (non-hydrogen) atoms. The lowest BCUT2D eigenvalue weighted by Gasteiger charge is -2.41. The summed E-state index contributed by atoms with van der Waals surface area (Å²) in [5.74, 6) is 0.426. The quantitative estimate of drug-likeness (QED) is 0.577. The molecule has 192 valence electrons. The van der Waals surface area contributed by atoms with Gasteiger partial charge in [0.2, 0.25) is 0 Å². The van der Waals surface area contributed by atoms with Crippen LogP contribution in [0.15, 0.2) is 23.1 Å². The molecule has 9 heteroatoms. The molecule has 3 atom stereocenters. The van der Waals surface area contributed by atoms with E-state index in [-0.39, 0.29) is 46.9 Å². The van der Waals surface area contributed by atoms with Crippen LogP contribution in [0.3, 0.4) is 0 Å². The Bertz CT molecular complexity index is 1070. The fourth-order valence-corrected chi connectivity index (χ4v) is 6.17. The average Bonchev–Trinajstić information content (AvgIpc) is 3.04. The Morgan fingerprint density at radius 1 is 1.00 bits per heavy atom. The number of rotatable bonds is 5. The third-order valence-corrected chi connectivity index (χ3v) is 8.20. The van der Waals surface area contributed by atoms with Gasteiger partial charge in [-0.05, 0) is 90.3 Å². The number of piperidine rings is 1. The Morgan fingerprint density at radius 3 is 2.14 bits per heavy atom. The Morgan fingerprint density at radius 2 is 1.60 bits per heavy atom. The number of benzene rings is 1. The van der Waals surface area contributed by atoms with Gasteiger partial charge in [0.05, 0.1) is 28.8 Å². The van der Waals surface area contributed by atoms with E-state index in [4.69, 9.17) is 14.2 Å². The summed E-state index contributed by atoms with van der Waals surface area (Å²) >= 11 is 0. The smallest absolute Gasteiger partial charge is 0.410 e. The summed E-state index contributed by atoms with van der Waals surface area (Å²) in [5, 5.41) is 9.44. The van der Waals surface area contributed by atoms with Gasteiger partial charge in [-0.25, -0.2) is 13.2 Å². The minimum atomic E-state index is -3.38. The monoisotopic (exact) mass is 504 g/mol. The molecule has 2 bridgehead atoms. The van der Waals surface area contributed by atoms with Gasteiger partial charge in [0.25, 0.3) is 0 Å². The summed E-state index contributed by atoms with van der Waals surface area (Å²) in [6, 6.07) is 6.85. The Hall–Kier alpha value is -2.31. The van der Waals surface area contributed by atoms with Crippen molar-refractivity contribution in [2.75, 3.05) is 6.26 Å². The van der Waals surface area contributed by atoms with Crippen LogP contribution >= 0.6 is 0 Å². The zero-order valence-electron chi connectivity index (χ0n) is 21.0. The largest absolute Gasteiger partial charge is 0.489 e. The second kappa shape index (κ2) is 9.98. The molecule has 1 saturated carbocycles. The molecule has 4 rings (SSSR count). The van der Waals surface area contributed by atoms with Crippen LogP contribution in [0.25, 0.3) is 0 Å². The topological polar surface area (TPSA) is 106 Å². The highest BCUT2D eigenvalue weighted by Crippen LogP contribution is 2.39. The molecule has 1 aliphatic carbocycles. The lowest BCUT2D eigenvalue weighted by atomic mass is 9.93. The number of fused-ring (bicyclic) bond motifs is 2. The fraction of sp³-hybridized carbons (Fsp3) is 0.692. The van der Waals surface area contributed by atoms with Crippen molar-refractivity contribution in [1.29, 1.82) is 5.26 Å². The van der Waals surface area contributed by atoms with E-state index in [1.165, 1.54) is 12.1 Å². The maximum Gasteiger partial charge on any atom is 0.410 e. The molecule has 1 aromatic rings. The van der Waals surface area contributed by atoms with E-state index in [9.17, 15) is 18.5 Å². The van der Waals surface area contributed by atoms with Crippen LogP contribution in [0, 0.1) is 11.3 Å².